The lowest BCUT2D eigenvalue weighted by atomic mass is 10.1. The molecule has 0 fully saturated rings. The number of para-hydroxylation sites is 2. The molecule has 1 amide bonds. The molecule has 1 aliphatic rings. The summed E-state index contributed by atoms with van der Waals surface area (Å²) in [4.78, 5) is 26.0. The van der Waals surface area contributed by atoms with Gasteiger partial charge in [-0.15, -0.1) is 0 Å². The number of carbonyl (C=O) groups excluding carboxylic acids is 2. The normalized spacial score (nSPS) is 15.6. The molecule has 0 spiro atoms. The fourth-order valence-electron chi connectivity index (χ4n) is 3.30. The molecule has 0 saturated carbocycles. The summed E-state index contributed by atoms with van der Waals surface area (Å²) in [6, 6.07) is 21.8. The molecular formula is C25H23NO5. The Morgan fingerprint density at radius 2 is 1.68 bits per heavy atom. The second-order valence-electron chi connectivity index (χ2n) is 7.40. The van der Waals surface area contributed by atoms with Crippen LogP contribution in [0.4, 0.5) is 5.69 Å². The van der Waals surface area contributed by atoms with Crippen LogP contribution in [0.15, 0.2) is 72.8 Å². The van der Waals surface area contributed by atoms with Crippen molar-refractivity contribution in [2.75, 3.05) is 11.9 Å². The fraction of sp³-hybridized carbons (Fsp3) is 0.200. The first-order chi connectivity index (χ1) is 15.0. The van der Waals surface area contributed by atoms with Crippen LogP contribution in [0.2, 0.25) is 0 Å². The van der Waals surface area contributed by atoms with Crippen molar-refractivity contribution in [1.29, 1.82) is 0 Å². The highest BCUT2D eigenvalue weighted by Crippen LogP contribution is 2.32. The van der Waals surface area contributed by atoms with Gasteiger partial charge in [-0.3, -0.25) is 4.79 Å². The first-order valence-electron chi connectivity index (χ1n) is 10.0. The van der Waals surface area contributed by atoms with Gasteiger partial charge in [0.25, 0.3) is 5.91 Å². The average Bonchev–Trinajstić information content (AvgIpc) is 2.80. The van der Waals surface area contributed by atoms with Crippen LogP contribution in [0.1, 0.15) is 22.8 Å². The van der Waals surface area contributed by atoms with Crippen LogP contribution in [0.25, 0.3) is 0 Å². The van der Waals surface area contributed by atoms with Crippen molar-refractivity contribution in [3.63, 3.8) is 0 Å². The van der Waals surface area contributed by atoms with Gasteiger partial charge in [0.2, 0.25) is 12.2 Å². The molecule has 0 radical (unpaired) electrons. The number of carbonyl (C=O) groups is 2. The predicted molar refractivity (Wildman–Crippen MR) is 116 cm³/mol. The van der Waals surface area contributed by atoms with Gasteiger partial charge < -0.3 is 19.5 Å². The summed E-state index contributed by atoms with van der Waals surface area (Å²) >= 11 is 0. The third kappa shape index (κ3) is 4.69. The molecule has 0 aliphatic carbocycles. The van der Waals surface area contributed by atoms with E-state index < -0.39 is 24.1 Å². The van der Waals surface area contributed by atoms with Crippen molar-refractivity contribution in [3.8, 4) is 11.5 Å². The van der Waals surface area contributed by atoms with E-state index in [9.17, 15) is 9.59 Å². The largest absolute Gasteiger partial charge is 0.485 e. The average molecular weight is 417 g/mol. The monoisotopic (exact) mass is 417 g/mol. The molecule has 31 heavy (non-hydrogen) atoms. The third-order valence-corrected chi connectivity index (χ3v) is 5.00. The third-order valence-electron chi connectivity index (χ3n) is 5.00. The Balaban J connectivity index is 1.54. The first-order valence-corrected chi connectivity index (χ1v) is 10.0. The number of anilines is 1. The van der Waals surface area contributed by atoms with E-state index in [1.165, 1.54) is 0 Å². The van der Waals surface area contributed by atoms with Gasteiger partial charge in [0.05, 0.1) is 0 Å². The highest BCUT2D eigenvalue weighted by atomic mass is 16.6. The molecule has 0 saturated heterocycles. The van der Waals surface area contributed by atoms with E-state index in [0.29, 0.717) is 22.7 Å². The molecule has 158 valence electrons. The van der Waals surface area contributed by atoms with E-state index in [2.05, 4.69) is 5.32 Å². The van der Waals surface area contributed by atoms with Crippen molar-refractivity contribution in [3.05, 3.63) is 89.5 Å². The summed E-state index contributed by atoms with van der Waals surface area (Å²) in [5, 5.41) is 2.89. The van der Waals surface area contributed by atoms with Gasteiger partial charge in [-0.05, 0) is 43.2 Å². The first kappa shape index (κ1) is 20.5. The van der Waals surface area contributed by atoms with Crippen molar-refractivity contribution in [2.24, 2.45) is 0 Å². The topological polar surface area (TPSA) is 73.9 Å². The molecule has 4 rings (SSSR count). The lowest BCUT2D eigenvalue weighted by Gasteiger charge is -2.26. The Bertz CT molecular complexity index is 1100. The Hall–Kier alpha value is -3.80. The Labute approximate surface area is 180 Å². The van der Waals surface area contributed by atoms with Gasteiger partial charge in [0.15, 0.2) is 11.5 Å². The zero-order valence-corrected chi connectivity index (χ0v) is 17.3. The molecule has 0 aromatic heterocycles. The van der Waals surface area contributed by atoms with E-state index in [1.807, 2.05) is 44.2 Å². The molecule has 3 aromatic carbocycles. The van der Waals surface area contributed by atoms with E-state index in [4.69, 9.17) is 14.2 Å². The molecule has 3 aromatic rings. The van der Waals surface area contributed by atoms with Gasteiger partial charge in [-0.25, -0.2) is 4.79 Å². The molecular weight excluding hydrogens is 394 g/mol. The van der Waals surface area contributed by atoms with E-state index in [1.54, 1.807) is 42.5 Å². The van der Waals surface area contributed by atoms with Crippen molar-refractivity contribution in [1.82, 2.24) is 0 Å². The van der Waals surface area contributed by atoms with Crippen LogP contribution < -0.4 is 14.8 Å². The zero-order chi connectivity index (χ0) is 21.8. The minimum atomic E-state index is -1.13. The van der Waals surface area contributed by atoms with E-state index in [0.717, 1.165) is 11.1 Å². The summed E-state index contributed by atoms with van der Waals surface area (Å²) in [5.74, 6) is -0.0736. The lowest BCUT2D eigenvalue weighted by molar-refractivity contribution is -0.164. The van der Waals surface area contributed by atoms with Gasteiger partial charge in [-0.2, -0.15) is 0 Å². The van der Waals surface area contributed by atoms with E-state index in [-0.39, 0.29) is 6.61 Å². The molecule has 1 aliphatic heterocycles. The number of fused-ring (bicyclic) bond motifs is 1. The minimum absolute atomic E-state index is 0.00988. The van der Waals surface area contributed by atoms with Crippen molar-refractivity contribution < 1.29 is 23.8 Å². The number of hydrogen-bond acceptors (Lipinski definition) is 5. The number of benzene rings is 3. The molecule has 2 atom stereocenters. The summed E-state index contributed by atoms with van der Waals surface area (Å²) in [7, 11) is 0. The van der Waals surface area contributed by atoms with Gasteiger partial charge >= 0.3 is 5.97 Å². The molecule has 1 heterocycles. The van der Waals surface area contributed by atoms with Gasteiger partial charge in [0.1, 0.15) is 6.61 Å². The summed E-state index contributed by atoms with van der Waals surface area (Å²) in [6.07, 6.45) is -2.09. The van der Waals surface area contributed by atoms with Crippen molar-refractivity contribution >= 4 is 17.6 Å². The molecule has 6 heteroatoms. The number of amides is 1. The number of hydrogen-bond donors (Lipinski definition) is 1. The predicted octanol–water partition coefficient (Wildman–Crippen LogP) is 4.37. The van der Waals surface area contributed by atoms with Crippen LogP contribution in [-0.4, -0.2) is 24.6 Å². The molecule has 1 N–H and O–H groups in total. The van der Waals surface area contributed by atoms with Crippen LogP contribution in [0, 0.1) is 13.8 Å². The van der Waals surface area contributed by atoms with Crippen LogP contribution >= 0.6 is 0 Å². The second-order valence-corrected chi connectivity index (χ2v) is 7.40. The molecule has 2 unspecified atom stereocenters. The summed E-state index contributed by atoms with van der Waals surface area (Å²) in [6.45, 7) is 3.86. The Morgan fingerprint density at radius 3 is 2.45 bits per heavy atom. The number of rotatable bonds is 5. The van der Waals surface area contributed by atoms with Gasteiger partial charge in [-0.1, -0.05) is 54.6 Å². The highest BCUT2D eigenvalue weighted by molar-refractivity contribution is 5.97. The number of esters is 1. The standard InChI is InChI=1S/C25H23NO5/c1-16-12-13-17(2)19(14-16)26-24(27)23(18-8-4-3-5-9-18)31-25(28)22-15-29-20-10-6-7-11-21(20)30-22/h3-14,22-23H,15H2,1-2H3,(H,26,27). The Morgan fingerprint density at radius 1 is 0.968 bits per heavy atom. The lowest BCUT2D eigenvalue weighted by Crippen LogP contribution is -2.39. The number of ether oxygens (including phenoxy) is 3. The van der Waals surface area contributed by atoms with Crippen LogP contribution in [0.5, 0.6) is 11.5 Å². The maximum absolute atomic E-state index is 13.1. The quantitative estimate of drug-likeness (QED) is 0.624. The number of nitrogens with one attached hydrogen (secondary N) is 1. The van der Waals surface area contributed by atoms with Crippen molar-refractivity contribution in [2.45, 2.75) is 26.1 Å². The van der Waals surface area contributed by atoms with Gasteiger partial charge in [0, 0.05) is 11.3 Å². The molecule has 0 bridgehead atoms. The molecule has 6 nitrogen and oxygen atoms in total. The number of aryl methyl sites for hydroxylation is 2. The summed E-state index contributed by atoms with van der Waals surface area (Å²) in [5.41, 5.74) is 3.17. The minimum Gasteiger partial charge on any atom is -0.485 e. The zero-order valence-electron chi connectivity index (χ0n) is 17.3. The SMILES string of the molecule is Cc1ccc(C)c(NC(=O)C(OC(=O)C2COc3ccccc3O2)c2ccccc2)c1. The fourth-order valence-corrected chi connectivity index (χ4v) is 3.30. The van der Waals surface area contributed by atoms with Crippen LogP contribution in [-0.2, 0) is 14.3 Å². The maximum atomic E-state index is 13.1. The highest BCUT2D eigenvalue weighted by Gasteiger charge is 2.33. The van der Waals surface area contributed by atoms with E-state index >= 15 is 0 Å². The Kier molecular flexibility index (Phi) is 5.89. The maximum Gasteiger partial charge on any atom is 0.352 e. The van der Waals surface area contributed by atoms with Crippen LogP contribution in [0.3, 0.4) is 0 Å². The smallest absolute Gasteiger partial charge is 0.352 e. The summed E-state index contributed by atoms with van der Waals surface area (Å²) < 4.78 is 17.0. The second kappa shape index (κ2) is 8.92.